The van der Waals surface area contributed by atoms with Crippen LogP contribution in [0.3, 0.4) is 0 Å². The Morgan fingerprint density at radius 1 is 1.12 bits per heavy atom. The third-order valence-corrected chi connectivity index (χ3v) is 18.1. The Labute approximate surface area is 348 Å². The quantitative estimate of drug-likeness (QED) is 0.0394. The Morgan fingerprint density at radius 3 is 2.54 bits per heavy atom. The molecule has 4 heterocycles. The number of likely N-dealkylation sites (N-methyl/N-ethyl adjacent to an activating group) is 1. The van der Waals surface area contributed by atoms with Crippen LogP contribution in [0.5, 0.6) is 11.8 Å². The number of hydrogen-bond donors (Lipinski definition) is 0. The lowest BCUT2D eigenvalue weighted by molar-refractivity contribution is -0.0367. The fraction of sp³-hybridized carbons (Fsp3) is 0.625. The summed E-state index contributed by atoms with van der Waals surface area (Å²) in [5.41, 5.74) is 3.35. The molecule has 1 unspecified atom stereocenters. The van der Waals surface area contributed by atoms with Crippen molar-refractivity contribution in [3.8, 4) is 22.9 Å². The van der Waals surface area contributed by atoms with Gasteiger partial charge in [0.05, 0.1) is 45.4 Å². The highest BCUT2D eigenvalue weighted by Gasteiger charge is 2.37. The van der Waals surface area contributed by atoms with Gasteiger partial charge in [-0.05, 0) is 92.1 Å². The lowest BCUT2D eigenvalue weighted by atomic mass is 10.0. The average Bonchev–Trinajstić information content (AvgIpc) is 3.75. The molecule has 0 saturated carbocycles. The van der Waals surface area contributed by atoms with Crippen molar-refractivity contribution in [3.63, 3.8) is 0 Å². The summed E-state index contributed by atoms with van der Waals surface area (Å²) in [6.45, 7) is 28.1. The van der Waals surface area contributed by atoms with Gasteiger partial charge in [0, 0.05) is 58.4 Å². The predicted molar refractivity (Wildman–Crippen MR) is 235 cm³/mol. The lowest BCUT2D eigenvalue weighted by Crippen LogP contribution is -2.41. The number of nitrogens with zero attached hydrogens (tertiary/aromatic N) is 7. The number of halogens is 2. The highest BCUT2D eigenvalue weighted by Crippen LogP contribution is 2.38. The van der Waals surface area contributed by atoms with Crippen LogP contribution in [0.15, 0.2) is 24.9 Å². The molecule has 310 valence electrons. The van der Waals surface area contributed by atoms with Gasteiger partial charge in [-0.1, -0.05) is 47.0 Å². The van der Waals surface area contributed by atoms with Crippen molar-refractivity contribution >= 4 is 56.0 Å². The Hall–Kier alpha value is -2.62. The SMILES string of the molecule is C=Cc1nn(C2CCCCO2)c2cc(F)c(-c3cnn(C)c3O[C@@H](C)CN(C)Cc3c(I)c(OCOCC[Si](C)(C)C)nn3CCO[Si](C)(C)C(C)(C)C)cc12. The van der Waals surface area contributed by atoms with E-state index in [9.17, 15) is 0 Å². The summed E-state index contributed by atoms with van der Waals surface area (Å²) >= 11 is 2.33. The van der Waals surface area contributed by atoms with Crippen LogP contribution in [0, 0.1) is 9.39 Å². The first-order valence-electron chi connectivity index (χ1n) is 19.7. The maximum absolute atomic E-state index is 16.1. The Balaban J connectivity index is 1.31. The molecule has 1 saturated heterocycles. The topological polar surface area (TPSA) is 103 Å². The molecule has 0 N–H and O–H groups in total. The summed E-state index contributed by atoms with van der Waals surface area (Å²) in [6.07, 6.45) is 5.76. The molecule has 1 aromatic carbocycles. The van der Waals surface area contributed by atoms with Crippen LogP contribution in [0.2, 0.25) is 43.8 Å². The second kappa shape index (κ2) is 18.5. The summed E-state index contributed by atoms with van der Waals surface area (Å²) in [5, 5.41) is 15.0. The van der Waals surface area contributed by atoms with Gasteiger partial charge in [-0.3, -0.25) is 9.58 Å². The highest BCUT2D eigenvalue weighted by molar-refractivity contribution is 14.1. The number of rotatable bonds is 19. The maximum atomic E-state index is 16.1. The first kappa shape index (κ1) is 44.5. The number of ether oxygens (including phenoxy) is 4. The number of aromatic nitrogens is 6. The fourth-order valence-corrected chi connectivity index (χ4v) is 8.93. The summed E-state index contributed by atoms with van der Waals surface area (Å²) in [4.78, 5) is 2.20. The zero-order valence-electron chi connectivity index (χ0n) is 35.4. The first-order valence-corrected chi connectivity index (χ1v) is 27.4. The van der Waals surface area contributed by atoms with Gasteiger partial charge in [-0.2, -0.15) is 10.2 Å². The predicted octanol–water partition coefficient (Wildman–Crippen LogP) is 9.33. The van der Waals surface area contributed by atoms with Gasteiger partial charge in [0.15, 0.2) is 21.3 Å². The van der Waals surface area contributed by atoms with Gasteiger partial charge >= 0.3 is 0 Å². The highest BCUT2D eigenvalue weighted by atomic mass is 127. The third-order valence-electron chi connectivity index (χ3n) is 10.7. The van der Waals surface area contributed by atoms with Crippen molar-refractivity contribution in [1.82, 2.24) is 34.2 Å². The van der Waals surface area contributed by atoms with Gasteiger partial charge in [0.25, 0.3) is 0 Å². The van der Waals surface area contributed by atoms with Gasteiger partial charge in [-0.15, -0.1) is 5.10 Å². The Morgan fingerprint density at radius 2 is 1.88 bits per heavy atom. The maximum Gasteiger partial charge on any atom is 0.248 e. The first-order chi connectivity index (χ1) is 26.3. The summed E-state index contributed by atoms with van der Waals surface area (Å²) in [6, 6.07) is 4.44. The van der Waals surface area contributed by atoms with Crippen molar-refractivity contribution in [1.29, 1.82) is 0 Å². The van der Waals surface area contributed by atoms with E-state index < -0.39 is 16.4 Å². The zero-order chi connectivity index (χ0) is 41.0. The summed E-state index contributed by atoms with van der Waals surface area (Å²) in [5.74, 6) is 0.667. The minimum absolute atomic E-state index is 0.111. The standard InChI is InChI=1S/C40H63FIN7O5Si2/c1-13-33-30-22-29(32(41)23-34(30)49(44-33)36-16-14-15-18-51-36)31-24-43-47(7)39(31)54-28(2)25-46(6)26-35-37(42)38(52-27-50-20-21-55(8,9)10)45-48(35)17-19-53-56(11,12)40(3,4)5/h13,22-24,28,36H,1,14-21,25-27H2,2-12H3/t28-,36?/m0/s1. The molecule has 0 amide bonds. The Bertz CT molecular complexity index is 1950. The molecule has 0 spiro atoms. The number of aryl methyl sites for hydroxylation is 1. The normalized spacial score (nSPS) is 16.2. The molecule has 0 radical (unpaired) electrons. The molecule has 2 atom stereocenters. The molecule has 12 nitrogen and oxygen atoms in total. The van der Waals surface area contributed by atoms with Crippen LogP contribution >= 0.6 is 22.6 Å². The zero-order valence-corrected chi connectivity index (χ0v) is 39.5. The molecular weight excluding hydrogens is 861 g/mol. The van der Waals surface area contributed by atoms with E-state index in [0.29, 0.717) is 73.6 Å². The molecule has 56 heavy (non-hydrogen) atoms. The largest absolute Gasteiger partial charge is 0.473 e. The number of hydrogen-bond acceptors (Lipinski definition) is 9. The summed E-state index contributed by atoms with van der Waals surface area (Å²) < 4.78 is 53.5. The minimum atomic E-state index is -1.94. The van der Waals surface area contributed by atoms with E-state index in [1.54, 1.807) is 21.6 Å². The van der Waals surface area contributed by atoms with Crippen molar-refractivity contribution in [3.05, 3.63) is 45.7 Å². The average molecular weight is 924 g/mol. The van der Waals surface area contributed by atoms with Crippen molar-refractivity contribution in [2.45, 2.75) is 116 Å². The lowest BCUT2D eigenvalue weighted by Gasteiger charge is -2.36. The monoisotopic (exact) mass is 923 g/mol. The fourth-order valence-electron chi connectivity index (χ4n) is 6.43. The van der Waals surface area contributed by atoms with E-state index in [4.69, 9.17) is 33.6 Å². The van der Waals surface area contributed by atoms with E-state index in [1.165, 1.54) is 6.07 Å². The van der Waals surface area contributed by atoms with Gasteiger partial charge < -0.3 is 23.4 Å². The molecule has 5 rings (SSSR count). The van der Waals surface area contributed by atoms with E-state index in [1.807, 2.05) is 24.7 Å². The van der Waals surface area contributed by atoms with Crippen LogP contribution in [0.1, 0.15) is 64.6 Å². The molecule has 1 fully saturated rings. The van der Waals surface area contributed by atoms with E-state index in [0.717, 1.165) is 40.0 Å². The second-order valence-electron chi connectivity index (χ2n) is 17.7. The van der Waals surface area contributed by atoms with Crippen molar-refractivity contribution in [2.24, 2.45) is 7.05 Å². The second-order valence-corrected chi connectivity index (χ2v) is 29.2. The van der Waals surface area contributed by atoms with Crippen LogP contribution in [-0.4, -0.2) is 96.9 Å². The van der Waals surface area contributed by atoms with Gasteiger partial charge in [0.1, 0.15) is 11.9 Å². The van der Waals surface area contributed by atoms with E-state index >= 15 is 4.39 Å². The molecule has 3 aromatic heterocycles. The minimum Gasteiger partial charge on any atom is -0.473 e. The number of fused-ring (bicyclic) bond motifs is 1. The molecule has 0 bridgehead atoms. The van der Waals surface area contributed by atoms with E-state index in [2.05, 4.69) is 99.7 Å². The molecule has 1 aliphatic rings. The third kappa shape index (κ3) is 10.9. The molecule has 1 aliphatic heterocycles. The van der Waals surface area contributed by atoms with Crippen molar-refractivity contribution in [2.75, 3.05) is 40.2 Å². The van der Waals surface area contributed by atoms with Crippen LogP contribution in [0.4, 0.5) is 4.39 Å². The van der Waals surface area contributed by atoms with Gasteiger partial charge in [-0.25, -0.2) is 13.8 Å². The molecule has 0 aliphatic carbocycles. The van der Waals surface area contributed by atoms with Gasteiger partial charge in [0.2, 0.25) is 11.8 Å². The van der Waals surface area contributed by atoms with E-state index in [-0.39, 0.29) is 30.0 Å². The smallest absolute Gasteiger partial charge is 0.248 e. The molecule has 4 aromatic rings. The van der Waals surface area contributed by atoms with Crippen LogP contribution in [-0.2, 0) is 34.0 Å². The van der Waals surface area contributed by atoms with Crippen LogP contribution in [0.25, 0.3) is 28.1 Å². The van der Waals surface area contributed by atoms with Crippen molar-refractivity contribution < 1.29 is 27.8 Å². The molecule has 16 heteroatoms. The Kier molecular flexibility index (Phi) is 14.7. The number of benzene rings is 1. The summed E-state index contributed by atoms with van der Waals surface area (Å²) in [7, 11) is 0.723. The van der Waals surface area contributed by atoms with Crippen LogP contribution < -0.4 is 9.47 Å². The molecular formula is C40H63FIN7O5Si2.